The van der Waals surface area contributed by atoms with E-state index < -0.39 is 0 Å². The Morgan fingerprint density at radius 3 is 2.53 bits per heavy atom. The highest BCUT2D eigenvalue weighted by molar-refractivity contribution is 5.74. The van der Waals surface area contributed by atoms with Crippen LogP contribution in [0.2, 0.25) is 0 Å². The molecule has 1 aromatic rings. The average Bonchev–Trinajstić information content (AvgIpc) is 2.90. The fraction of sp³-hybridized carbons (Fsp3) is 0.385. The van der Waals surface area contributed by atoms with Crippen molar-refractivity contribution in [1.82, 2.24) is 10.2 Å². The summed E-state index contributed by atoms with van der Waals surface area (Å²) in [6.45, 7) is 2.24. The van der Waals surface area contributed by atoms with Crippen molar-refractivity contribution in [3.63, 3.8) is 0 Å². The number of nitriles is 1. The van der Waals surface area contributed by atoms with Crippen LogP contribution in [0.1, 0.15) is 24.0 Å². The van der Waals surface area contributed by atoms with Gasteiger partial charge in [-0.1, -0.05) is 12.1 Å². The quantitative estimate of drug-likeness (QED) is 0.841. The molecule has 0 aromatic heterocycles. The molecule has 4 nitrogen and oxygen atoms in total. The first-order chi connectivity index (χ1) is 8.29. The molecule has 1 fully saturated rings. The van der Waals surface area contributed by atoms with Gasteiger partial charge in [0.15, 0.2) is 0 Å². The zero-order valence-electron chi connectivity index (χ0n) is 9.65. The van der Waals surface area contributed by atoms with Gasteiger partial charge in [0.25, 0.3) is 0 Å². The Labute approximate surface area is 101 Å². The van der Waals surface area contributed by atoms with E-state index in [-0.39, 0.29) is 6.03 Å². The van der Waals surface area contributed by atoms with Crippen LogP contribution in [-0.2, 0) is 6.54 Å². The molecule has 0 atom stereocenters. The maximum atomic E-state index is 11.7. The van der Waals surface area contributed by atoms with Crippen molar-refractivity contribution in [1.29, 1.82) is 5.26 Å². The van der Waals surface area contributed by atoms with Crippen molar-refractivity contribution >= 4 is 6.03 Å². The number of likely N-dealkylation sites (tertiary alicyclic amines) is 1. The first-order valence-electron chi connectivity index (χ1n) is 5.81. The fourth-order valence-corrected chi connectivity index (χ4v) is 1.91. The van der Waals surface area contributed by atoms with Gasteiger partial charge in [-0.2, -0.15) is 5.26 Å². The molecule has 0 saturated carbocycles. The zero-order chi connectivity index (χ0) is 12.1. The molecule has 0 unspecified atom stereocenters. The van der Waals surface area contributed by atoms with Crippen LogP contribution < -0.4 is 5.32 Å². The molecular weight excluding hydrogens is 214 g/mol. The van der Waals surface area contributed by atoms with E-state index in [1.165, 1.54) is 0 Å². The van der Waals surface area contributed by atoms with Gasteiger partial charge in [-0.25, -0.2) is 4.79 Å². The lowest BCUT2D eigenvalue weighted by molar-refractivity contribution is 0.208. The summed E-state index contributed by atoms with van der Waals surface area (Å²) in [6, 6.07) is 9.32. The monoisotopic (exact) mass is 229 g/mol. The van der Waals surface area contributed by atoms with Crippen LogP contribution in [-0.4, -0.2) is 24.0 Å². The third-order valence-electron chi connectivity index (χ3n) is 2.92. The lowest BCUT2D eigenvalue weighted by atomic mass is 10.1. The van der Waals surface area contributed by atoms with Gasteiger partial charge >= 0.3 is 6.03 Å². The Balaban J connectivity index is 1.84. The summed E-state index contributed by atoms with van der Waals surface area (Å²) in [5, 5.41) is 11.5. The highest BCUT2D eigenvalue weighted by atomic mass is 16.2. The molecule has 4 heteroatoms. The van der Waals surface area contributed by atoms with E-state index >= 15 is 0 Å². The van der Waals surface area contributed by atoms with E-state index in [0.717, 1.165) is 31.5 Å². The standard InChI is InChI=1S/C13H15N3O/c14-9-11-3-5-12(6-4-11)10-15-13(17)16-7-1-2-8-16/h3-6H,1-2,7-8,10H2,(H,15,17). The van der Waals surface area contributed by atoms with E-state index in [1.54, 1.807) is 12.1 Å². The van der Waals surface area contributed by atoms with Crippen LogP contribution >= 0.6 is 0 Å². The molecule has 1 heterocycles. The number of hydrogen-bond acceptors (Lipinski definition) is 2. The third-order valence-corrected chi connectivity index (χ3v) is 2.92. The van der Waals surface area contributed by atoms with E-state index in [1.807, 2.05) is 17.0 Å². The van der Waals surface area contributed by atoms with Crippen LogP contribution in [0.4, 0.5) is 4.79 Å². The second kappa shape index (κ2) is 5.35. The number of carbonyl (C=O) groups is 1. The molecule has 0 radical (unpaired) electrons. The van der Waals surface area contributed by atoms with Crippen LogP contribution in [0, 0.1) is 11.3 Å². The minimum atomic E-state index is 0.00635. The van der Waals surface area contributed by atoms with Gasteiger partial charge in [0, 0.05) is 19.6 Å². The van der Waals surface area contributed by atoms with E-state index in [4.69, 9.17) is 5.26 Å². The molecule has 0 bridgehead atoms. The smallest absolute Gasteiger partial charge is 0.317 e. The molecular formula is C13H15N3O. The molecule has 1 saturated heterocycles. The Morgan fingerprint density at radius 2 is 1.94 bits per heavy atom. The van der Waals surface area contributed by atoms with Crippen molar-refractivity contribution in [2.45, 2.75) is 19.4 Å². The fourth-order valence-electron chi connectivity index (χ4n) is 1.91. The molecule has 17 heavy (non-hydrogen) atoms. The Bertz CT molecular complexity index is 427. The number of amides is 2. The second-order valence-corrected chi connectivity index (χ2v) is 4.16. The molecule has 1 aliphatic rings. The van der Waals surface area contributed by atoms with Crippen LogP contribution in [0.25, 0.3) is 0 Å². The number of rotatable bonds is 2. The third kappa shape index (κ3) is 2.97. The van der Waals surface area contributed by atoms with Gasteiger partial charge in [0.2, 0.25) is 0 Å². The molecule has 0 aliphatic carbocycles. The maximum absolute atomic E-state index is 11.7. The predicted octanol–water partition coefficient (Wildman–Crippen LogP) is 1.86. The number of benzene rings is 1. The summed E-state index contributed by atoms with van der Waals surface area (Å²) in [4.78, 5) is 13.5. The Hall–Kier alpha value is -2.02. The molecule has 1 N–H and O–H groups in total. The van der Waals surface area contributed by atoms with E-state index in [9.17, 15) is 4.79 Å². The highest BCUT2D eigenvalue weighted by Crippen LogP contribution is 2.08. The molecule has 1 aromatic carbocycles. The minimum absolute atomic E-state index is 0.00635. The number of hydrogen-bond donors (Lipinski definition) is 1. The van der Waals surface area contributed by atoms with Gasteiger partial charge in [0.05, 0.1) is 11.6 Å². The van der Waals surface area contributed by atoms with Gasteiger partial charge in [0.1, 0.15) is 0 Å². The number of urea groups is 1. The molecule has 2 amide bonds. The first kappa shape index (κ1) is 11.5. The van der Waals surface area contributed by atoms with Crippen LogP contribution in [0.3, 0.4) is 0 Å². The van der Waals surface area contributed by atoms with Crippen molar-refractivity contribution in [3.05, 3.63) is 35.4 Å². The summed E-state index contributed by atoms with van der Waals surface area (Å²) >= 11 is 0. The van der Waals surface area contributed by atoms with Crippen molar-refractivity contribution in [3.8, 4) is 6.07 Å². The predicted molar refractivity (Wildman–Crippen MR) is 64.2 cm³/mol. The lowest BCUT2D eigenvalue weighted by Crippen LogP contribution is -2.37. The molecule has 0 spiro atoms. The van der Waals surface area contributed by atoms with Crippen molar-refractivity contribution < 1.29 is 4.79 Å². The highest BCUT2D eigenvalue weighted by Gasteiger charge is 2.16. The SMILES string of the molecule is N#Cc1ccc(CNC(=O)N2CCCC2)cc1. The van der Waals surface area contributed by atoms with Crippen LogP contribution in [0.15, 0.2) is 24.3 Å². The minimum Gasteiger partial charge on any atom is -0.334 e. The van der Waals surface area contributed by atoms with E-state index in [2.05, 4.69) is 11.4 Å². The number of nitrogens with zero attached hydrogens (tertiary/aromatic N) is 2. The topological polar surface area (TPSA) is 56.1 Å². The van der Waals surface area contributed by atoms with Gasteiger partial charge in [-0.3, -0.25) is 0 Å². The average molecular weight is 229 g/mol. The first-order valence-corrected chi connectivity index (χ1v) is 5.81. The Morgan fingerprint density at radius 1 is 1.29 bits per heavy atom. The normalized spacial score (nSPS) is 14.4. The van der Waals surface area contributed by atoms with Gasteiger partial charge in [-0.15, -0.1) is 0 Å². The molecule has 1 aliphatic heterocycles. The summed E-state index contributed by atoms with van der Waals surface area (Å²) in [6.07, 6.45) is 2.20. The zero-order valence-corrected chi connectivity index (χ0v) is 9.65. The van der Waals surface area contributed by atoms with Crippen molar-refractivity contribution in [2.24, 2.45) is 0 Å². The molecule has 88 valence electrons. The summed E-state index contributed by atoms with van der Waals surface area (Å²) in [7, 11) is 0. The maximum Gasteiger partial charge on any atom is 0.317 e. The van der Waals surface area contributed by atoms with Gasteiger partial charge in [-0.05, 0) is 30.5 Å². The number of carbonyl (C=O) groups excluding carboxylic acids is 1. The molecule has 2 rings (SSSR count). The summed E-state index contributed by atoms with van der Waals surface area (Å²) in [5.41, 5.74) is 1.65. The van der Waals surface area contributed by atoms with Gasteiger partial charge < -0.3 is 10.2 Å². The number of nitrogens with one attached hydrogen (secondary N) is 1. The largest absolute Gasteiger partial charge is 0.334 e. The summed E-state index contributed by atoms with van der Waals surface area (Å²) < 4.78 is 0. The Kier molecular flexibility index (Phi) is 3.61. The lowest BCUT2D eigenvalue weighted by Gasteiger charge is -2.16. The van der Waals surface area contributed by atoms with Crippen LogP contribution in [0.5, 0.6) is 0 Å². The van der Waals surface area contributed by atoms with Crippen molar-refractivity contribution in [2.75, 3.05) is 13.1 Å². The second-order valence-electron chi connectivity index (χ2n) is 4.16. The summed E-state index contributed by atoms with van der Waals surface area (Å²) in [5.74, 6) is 0. The van der Waals surface area contributed by atoms with E-state index in [0.29, 0.717) is 12.1 Å².